The Labute approximate surface area is 158 Å². The topological polar surface area (TPSA) is 59.6 Å². The summed E-state index contributed by atoms with van der Waals surface area (Å²) in [5, 5.41) is 5.56. The number of carbonyl (C=O) groups excluding carboxylic acids is 1. The Morgan fingerprint density at radius 3 is 2.54 bits per heavy atom. The van der Waals surface area contributed by atoms with Crippen LogP contribution in [0.5, 0.6) is 11.5 Å². The number of benzene rings is 2. The molecule has 2 aromatic carbocycles. The lowest BCUT2D eigenvalue weighted by Crippen LogP contribution is -2.26. The third-order valence-corrected chi connectivity index (χ3v) is 4.08. The van der Waals surface area contributed by atoms with E-state index in [4.69, 9.17) is 4.74 Å². The number of amides is 1. The van der Waals surface area contributed by atoms with Crippen molar-refractivity contribution in [2.75, 3.05) is 25.1 Å². The van der Waals surface area contributed by atoms with Gasteiger partial charge < -0.3 is 20.1 Å². The summed E-state index contributed by atoms with van der Waals surface area (Å²) >= 11 is 0. The van der Waals surface area contributed by atoms with Crippen molar-refractivity contribution in [3.05, 3.63) is 53.3 Å². The summed E-state index contributed by atoms with van der Waals surface area (Å²) in [7, 11) is 0. The normalized spacial score (nSPS) is 13.6. The van der Waals surface area contributed by atoms with Gasteiger partial charge in [-0.2, -0.15) is 13.2 Å². The second-order valence-corrected chi connectivity index (χ2v) is 6.18. The number of hydrogen-bond donors (Lipinski definition) is 2. The Hall–Kier alpha value is -2.81. The van der Waals surface area contributed by atoms with E-state index >= 15 is 0 Å². The maximum Gasteiger partial charge on any atom is 0.422 e. The first-order valence-electron chi connectivity index (χ1n) is 8.56. The van der Waals surface area contributed by atoms with Crippen molar-refractivity contribution in [1.82, 2.24) is 5.32 Å². The summed E-state index contributed by atoms with van der Waals surface area (Å²) in [5.74, 6) is -1.28. The number of rotatable bonds is 6. The van der Waals surface area contributed by atoms with Crippen LogP contribution in [0.15, 0.2) is 36.4 Å². The molecule has 1 amide bonds. The molecule has 0 spiro atoms. The molecule has 1 aliphatic heterocycles. The van der Waals surface area contributed by atoms with Gasteiger partial charge in [-0.25, -0.2) is 4.39 Å². The van der Waals surface area contributed by atoms with Gasteiger partial charge in [0.25, 0.3) is 5.91 Å². The second-order valence-electron chi connectivity index (χ2n) is 6.18. The predicted octanol–water partition coefficient (Wildman–Crippen LogP) is 3.43. The fraction of sp³-hybridized carbons (Fsp3) is 0.316. The largest absolute Gasteiger partial charge is 0.480 e. The number of para-hydroxylation sites is 2. The van der Waals surface area contributed by atoms with Crippen molar-refractivity contribution in [3.63, 3.8) is 0 Å². The van der Waals surface area contributed by atoms with E-state index < -0.39 is 31.1 Å². The van der Waals surface area contributed by atoms with Crippen LogP contribution in [0.2, 0.25) is 0 Å². The minimum absolute atomic E-state index is 0.0149. The lowest BCUT2D eigenvalue weighted by atomic mass is 9.99. The van der Waals surface area contributed by atoms with E-state index in [0.717, 1.165) is 5.56 Å². The van der Waals surface area contributed by atoms with Crippen LogP contribution in [-0.2, 0) is 17.8 Å². The SMILES string of the molecule is O=C(COc1ccccc1OCC(F)(F)F)Nc1ccc2c(c1F)CCNC2. The Balaban J connectivity index is 1.61. The molecule has 1 aliphatic rings. The van der Waals surface area contributed by atoms with Gasteiger partial charge >= 0.3 is 6.18 Å². The molecule has 3 rings (SSSR count). The maximum atomic E-state index is 14.5. The van der Waals surface area contributed by atoms with Gasteiger partial charge in [-0.3, -0.25) is 4.79 Å². The number of alkyl halides is 3. The van der Waals surface area contributed by atoms with Gasteiger partial charge in [0.1, 0.15) is 5.82 Å². The first-order valence-corrected chi connectivity index (χ1v) is 8.56. The van der Waals surface area contributed by atoms with Crippen molar-refractivity contribution in [2.45, 2.75) is 19.1 Å². The minimum Gasteiger partial charge on any atom is -0.480 e. The number of halogens is 4. The van der Waals surface area contributed by atoms with E-state index in [1.165, 1.54) is 30.3 Å². The van der Waals surface area contributed by atoms with E-state index in [-0.39, 0.29) is 17.2 Å². The van der Waals surface area contributed by atoms with Gasteiger partial charge in [0.2, 0.25) is 0 Å². The third-order valence-electron chi connectivity index (χ3n) is 4.08. The highest BCUT2D eigenvalue weighted by atomic mass is 19.4. The molecule has 0 fully saturated rings. The highest BCUT2D eigenvalue weighted by Crippen LogP contribution is 2.29. The summed E-state index contributed by atoms with van der Waals surface area (Å²) < 4.78 is 61.4. The molecule has 0 aromatic heterocycles. The first kappa shape index (κ1) is 19.9. The molecule has 0 bridgehead atoms. The van der Waals surface area contributed by atoms with Crippen LogP contribution in [0, 0.1) is 5.82 Å². The smallest absolute Gasteiger partial charge is 0.422 e. The van der Waals surface area contributed by atoms with Gasteiger partial charge in [-0.1, -0.05) is 18.2 Å². The van der Waals surface area contributed by atoms with Crippen molar-refractivity contribution in [3.8, 4) is 11.5 Å². The molecule has 5 nitrogen and oxygen atoms in total. The summed E-state index contributed by atoms with van der Waals surface area (Å²) in [6.45, 7) is -0.767. The van der Waals surface area contributed by atoms with Crippen LogP contribution < -0.4 is 20.1 Å². The molecular weight excluding hydrogens is 380 g/mol. The van der Waals surface area contributed by atoms with Gasteiger partial charge in [0, 0.05) is 6.54 Å². The van der Waals surface area contributed by atoms with Crippen LogP contribution in [0.25, 0.3) is 0 Å². The average Bonchev–Trinajstić information content (AvgIpc) is 2.67. The minimum atomic E-state index is -4.50. The summed E-state index contributed by atoms with van der Waals surface area (Å²) in [6.07, 6.45) is -3.98. The fourth-order valence-electron chi connectivity index (χ4n) is 2.81. The standard InChI is InChI=1S/C19H18F4N2O3/c20-18-13-7-8-24-9-12(13)5-6-14(18)25-17(26)10-27-15-3-1-2-4-16(15)28-11-19(21,22)23/h1-6,24H,7-11H2,(H,25,26). The monoisotopic (exact) mass is 398 g/mol. The van der Waals surface area contributed by atoms with Crippen LogP contribution in [-0.4, -0.2) is 31.8 Å². The van der Waals surface area contributed by atoms with Crippen LogP contribution >= 0.6 is 0 Å². The van der Waals surface area contributed by atoms with Crippen molar-refractivity contribution in [1.29, 1.82) is 0 Å². The molecule has 2 N–H and O–H groups in total. The number of ether oxygens (including phenoxy) is 2. The van der Waals surface area contributed by atoms with Crippen LogP contribution in [0.1, 0.15) is 11.1 Å². The molecule has 0 saturated heterocycles. The second kappa shape index (κ2) is 8.47. The lowest BCUT2D eigenvalue weighted by Gasteiger charge is -2.19. The maximum absolute atomic E-state index is 14.5. The summed E-state index contributed by atoms with van der Waals surface area (Å²) in [4.78, 5) is 12.1. The fourth-order valence-corrected chi connectivity index (χ4v) is 2.81. The molecule has 0 saturated carbocycles. The van der Waals surface area contributed by atoms with Gasteiger partial charge in [-0.15, -0.1) is 0 Å². The van der Waals surface area contributed by atoms with Crippen molar-refractivity contribution < 1.29 is 31.8 Å². The lowest BCUT2D eigenvalue weighted by molar-refractivity contribution is -0.153. The number of fused-ring (bicyclic) bond motifs is 1. The molecule has 28 heavy (non-hydrogen) atoms. The highest BCUT2D eigenvalue weighted by Gasteiger charge is 2.29. The number of nitrogens with one attached hydrogen (secondary N) is 2. The number of hydrogen-bond acceptors (Lipinski definition) is 4. The molecule has 0 atom stereocenters. The van der Waals surface area contributed by atoms with E-state index in [1.54, 1.807) is 6.07 Å². The Kier molecular flexibility index (Phi) is 6.03. The number of anilines is 1. The molecule has 9 heteroatoms. The molecule has 2 aromatic rings. The zero-order valence-corrected chi connectivity index (χ0v) is 14.7. The average molecular weight is 398 g/mol. The van der Waals surface area contributed by atoms with Crippen LogP contribution in [0.3, 0.4) is 0 Å². The Morgan fingerprint density at radius 1 is 1.11 bits per heavy atom. The molecule has 1 heterocycles. The van der Waals surface area contributed by atoms with E-state index in [0.29, 0.717) is 25.1 Å². The van der Waals surface area contributed by atoms with Gasteiger partial charge in [-0.05, 0) is 42.3 Å². The Morgan fingerprint density at radius 2 is 1.82 bits per heavy atom. The van der Waals surface area contributed by atoms with E-state index in [1.807, 2.05) is 0 Å². The zero-order chi connectivity index (χ0) is 20.1. The first-order chi connectivity index (χ1) is 13.3. The van der Waals surface area contributed by atoms with Crippen molar-refractivity contribution >= 4 is 11.6 Å². The predicted molar refractivity (Wildman–Crippen MR) is 93.9 cm³/mol. The quantitative estimate of drug-likeness (QED) is 0.732. The summed E-state index contributed by atoms with van der Waals surface area (Å²) in [6, 6.07) is 8.91. The van der Waals surface area contributed by atoms with Gasteiger partial charge in [0.05, 0.1) is 5.69 Å². The Bertz CT molecular complexity index is 856. The van der Waals surface area contributed by atoms with Gasteiger partial charge in [0.15, 0.2) is 24.7 Å². The highest BCUT2D eigenvalue weighted by molar-refractivity contribution is 5.92. The molecule has 0 aliphatic carbocycles. The zero-order valence-electron chi connectivity index (χ0n) is 14.7. The molecule has 0 radical (unpaired) electrons. The molecule has 0 unspecified atom stereocenters. The van der Waals surface area contributed by atoms with Crippen molar-refractivity contribution in [2.24, 2.45) is 0 Å². The number of carbonyl (C=O) groups is 1. The summed E-state index contributed by atoms with van der Waals surface area (Å²) in [5.41, 5.74) is 1.44. The van der Waals surface area contributed by atoms with E-state index in [2.05, 4.69) is 15.4 Å². The third kappa shape index (κ3) is 5.13. The van der Waals surface area contributed by atoms with E-state index in [9.17, 15) is 22.4 Å². The van der Waals surface area contributed by atoms with Crippen LogP contribution in [0.4, 0.5) is 23.2 Å². The molecule has 150 valence electrons. The molecular formula is C19H18F4N2O3.